The van der Waals surface area contributed by atoms with Crippen LogP contribution in [-0.4, -0.2) is 29.0 Å². The van der Waals surface area contributed by atoms with Crippen LogP contribution in [0.25, 0.3) is 0 Å². The number of amides is 1. The first kappa shape index (κ1) is 15.9. The van der Waals surface area contributed by atoms with Crippen LogP contribution in [0.5, 0.6) is 0 Å². The SMILES string of the molecule is CCCNc1cnc(C(=O)NCCc2ccc(Br)s2)cn1. The van der Waals surface area contributed by atoms with Gasteiger partial charge in [-0.1, -0.05) is 6.92 Å². The van der Waals surface area contributed by atoms with Crippen molar-refractivity contribution >= 4 is 39.0 Å². The summed E-state index contributed by atoms with van der Waals surface area (Å²) in [6.45, 7) is 3.51. The summed E-state index contributed by atoms with van der Waals surface area (Å²) in [5, 5.41) is 5.97. The van der Waals surface area contributed by atoms with Crippen molar-refractivity contribution in [2.24, 2.45) is 0 Å². The second-order valence-electron chi connectivity index (χ2n) is 4.43. The molecule has 1 amide bonds. The molecule has 7 heteroatoms. The summed E-state index contributed by atoms with van der Waals surface area (Å²) in [5.74, 6) is 0.497. The van der Waals surface area contributed by atoms with Crippen LogP contribution in [0.2, 0.25) is 0 Å². The Bertz CT molecular complexity index is 585. The van der Waals surface area contributed by atoms with Gasteiger partial charge in [0.2, 0.25) is 0 Å². The van der Waals surface area contributed by atoms with Gasteiger partial charge >= 0.3 is 0 Å². The van der Waals surface area contributed by atoms with Gasteiger partial charge in [0.05, 0.1) is 16.2 Å². The van der Waals surface area contributed by atoms with E-state index in [0.29, 0.717) is 18.1 Å². The Balaban J connectivity index is 1.79. The maximum atomic E-state index is 11.9. The van der Waals surface area contributed by atoms with Gasteiger partial charge < -0.3 is 10.6 Å². The average Bonchev–Trinajstić information content (AvgIpc) is 2.91. The van der Waals surface area contributed by atoms with Crippen molar-refractivity contribution in [2.45, 2.75) is 19.8 Å². The van der Waals surface area contributed by atoms with Crippen LogP contribution in [0.4, 0.5) is 5.82 Å². The molecule has 0 aliphatic carbocycles. The molecular weight excluding hydrogens is 352 g/mol. The monoisotopic (exact) mass is 368 g/mol. The molecule has 0 fully saturated rings. The highest BCUT2D eigenvalue weighted by atomic mass is 79.9. The summed E-state index contributed by atoms with van der Waals surface area (Å²) in [6, 6.07) is 4.06. The van der Waals surface area contributed by atoms with Crippen LogP contribution in [0, 0.1) is 0 Å². The third kappa shape index (κ3) is 5.09. The number of aromatic nitrogens is 2. The minimum Gasteiger partial charge on any atom is -0.369 e. The van der Waals surface area contributed by atoms with Crippen LogP contribution >= 0.6 is 27.3 Å². The lowest BCUT2D eigenvalue weighted by Gasteiger charge is -2.05. The Labute approximate surface area is 136 Å². The Morgan fingerprint density at radius 3 is 2.76 bits per heavy atom. The smallest absolute Gasteiger partial charge is 0.271 e. The molecule has 2 N–H and O–H groups in total. The summed E-state index contributed by atoms with van der Waals surface area (Å²) in [7, 11) is 0. The summed E-state index contributed by atoms with van der Waals surface area (Å²) in [4.78, 5) is 21.4. The van der Waals surface area contributed by atoms with Gasteiger partial charge in [0.25, 0.3) is 5.91 Å². The lowest BCUT2D eigenvalue weighted by atomic mass is 10.3. The zero-order valence-corrected chi connectivity index (χ0v) is 14.1. The molecule has 0 bridgehead atoms. The molecule has 0 aliphatic heterocycles. The minimum absolute atomic E-state index is 0.194. The van der Waals surface area contributed by atoms with Crippen LogP contribution in [0.3, 0.4) is 0 Å². The summed E-state index contributed by atoms with van der Waals surface area (Å²) >= 11 is 5.10. The summed E-state index contributed by atoms with van der Waals surface area (Å²) < 4.78 is 1.10. The molecule has 2 rings (SSSR count). The van der Waals surface area contributed by atoms with Crippen molar-refractivity contribution in [3.05, 3.63) is 38.9 Å². The number of rotatable bonds is 7. The van der Waals surface area contributed by atoms with Gasteiger partial charge in [0.1, 0.15) is 11.5 Å². The van der Waals surface area contributed by atoms with Gasteiger partial charge in [-0.15, -0.1) is 11.3 Å². The largest absolute Gasteiger partial charge is 0.369 e. The van der Waals surface area contributed by atoms with Gasteiger partial charge in [-0.2, -0.15) is 0 Å². The first-order valence-corrected chi connectivity index (χ1v) is 8.38. The summed E-state index contributed by atoms with van der Waals surface area (Å²) in [5.41, 5.74) is 0.337. The molecule has 0 saturated heterocycles. The first-order chi connectivity index (χ1) is 10.2. The van der Waals surface area contributed by atoms with Crippen molar-refractivity contribution in [3.8, 4) is 0 Å². The molecule has 0 saturated carbocycles. The standard InChI is InChI=1S/C14H17BrN4OS/c1-2-6-16-13-9-18-11(8-19-13)14(20)17-7-5-10-3-4-12(15)21-10/h3-4,8-9H,2,5-7H2,1H3,(H,16,19)(H,17,20). The molecule has 5 nitrogen and oxygen atoms in total. The molecule has 0 unspecified atom stereocenters. The number of nitrogens with zero attached hydrogens (tertiary/aromatic N) is 2. The molecule has 21 heavy (non-hydrogen) atoms. The second-order valence-corrected chi connectivity index (χ2v) is 6.97. The highest BCUT2D eigenvalue weighted by molar-refractivity contribution is 9.11. The number of nitrogens with one attached hydrogen (secondary N) is 2. The Morgan fingerprint density at radius 2 is 2.14 bits per heavy atom. The molecule has 2 heterocycles. The predicted molar refractivity (Wildman–Crippen MR) is 88.9 cm³/mol. The van der Waals surface area contributed by atoms with E-state index in [9.17, 15) is 4.79 Å². The van der Waals surface area contributed by atoms with Crippen molar-refractivity contribution in [2.75, 3.05) is 18.4 Å². The van der Waals surface area contributed by atoms with Crippen LogP contribution in [0.1, 0.15) is 28.7 Å². The average molecular weight is 369 g/mol. The fourth-order valence-corrected chi connectivity index (χ4v) is 3.15. The molecule has 0 radical (unpaired) electrons. The lowest BCUT2D eigenvalue weighted by Crippen LogP contribution is -2.26. The van der Waals surface area contributed by atoms with E-state index in [4.69, 9.17) is 0 Å². The quantitative estimate of drug-likeness (QED) is 0.787. The van der Waals surface area contributed by atoms with E-state index in [1.54, 1.807) is 17.5 Å². The third-order valence-electron chi connectivity index (χ3n) is 2.73. The van der Waals surface area contributed by atoms with Gasteiger partial charge in [-0.05, 0) is 40.9 Å². The molecule has 2 aromatic rings. The fraction of sp³-hybridized carbons (Fsp3) is 0.357. The predicted octanol–water partition coefficient (Wildman–Crippen LogP) is 3.10. The Kier molecular flexibility index (Phi) is 6.13. The fourth-order valence-electron chi connectivity index (χ4n) is 1.67. The highest BCUT2D eigenvalue weighted by Gasteiger charge is 2.07. The Morgan fingerprint density at radius 1 is 1.29 bits per heavy atom. The van der Waals surface area contributed by atoms with Crippen LogP contribution in [0.15, 0.2) is 28.3 Å². The lowest BCUT2D eigenvalue weighted by molar-refractivity contribution is 0.0949. The topological polar surface area (TPSA) is 66.9 Å². The number of anilines is 1. The number of hydrogen-bond donors (Lipinski definition) is 2. The van der Waals surface area contributed by atoms with E-state index in [-0.39, 0.29) is 5.91 Å². The molecule has 0 aliphatic rings. The Hall–Kier alpha value is -1.47. The van der Waals surface area contributed by atoms with E-state index in [1.807, 2.05) is 6.07 Å². The van der Waals surface area contributed by atoms with Gasteiger partial charge in [-0.3, -0.25) is 4.79 Å². The van der Waals surface area contributed by atoms with E-state index in [1.165, 1.54) is 11.1 Å². The normalized spacial score (nSPS) is 10.4. The molecule has 0 aromatic carbocycles. The number of thiophene rings is 1. The molecule has 0 spiro atoms. The van der Waals surface area contributed by atoms with E-state index >= 15 is 0 Å². The maximum Gasteiger partial charge on any atom is 0.271 e. The van der Waals surface area contributed by atoms with E-state index < -0.39 is 0 Å². The zero-order chi connectivity index (χ0) is 15.1. The van der Waals surface area contributed by atoms with E-state index in [0.717, 1.165) is 23.2 Å². The van der Waals surface area contributed by atoms with Gasteiger partial charge in [-0.25, -0.2) is 9.97 Å². The molecule has 112 valence electrons. The zero-order valence-electron chi connectivity index (χ0n) is 11.7. The first-order valence-electron chi connectivity index (χ1n) is 6.77. The van der Waals surface area contributed by atoms with E-state index in [2.05, 4.69) is 49.5 Å². The van der Waals surface area contributed by atoms with Crippen LogP contribution < -0.4 is 10.6 Å². The minimum atomic E-state index is -0.194. The third-order valence-corrected chi connectivity index (χ3v) is 4.41. The number of hydrogen-bond acceptors (Lipinski definition) is 5. The van der Waals surface area contributed by atoms with Crippen LogP contribution in [-0.2, 0) is 6.42 Å². The van der Waals surface area contributed by atoms with Gasteiger partial charge in [0.15, 0.2) is 0 Å². The molecule has 0 atom stereocenters. The van der Waals surface area contributed by atoms with Crippen molar-refractivity contribution in [3.63, 3.8) is 0 Å². The summed E-state index contributed by atoms with van der Waals surface area (Å²) in [6.07, 6.45) is 4.91. The highest BCUT2D eigenvalue weighted by Crippen LogP contribution is 2.22. The number of halogens is 1. The molecular formula is C14H17BrN4OS. The second kappa shape index (κ2) is 8.09. The molecule has 2 aromatic heterocycles. The van der Waals surface area contributed by atoms with Crippen molar-refractivity contribution in [1.82, 2.24) is 15.3 Å². The van der Waals surface area contributed by atoms with Crippen molar-refractivity contribution in [1.29, 1.82) is 0 Å². The van der Waals surface area contributed by atoms with Crippen molar-refractivity contribution < 1.29 is 4.79 Å². The number of carbonyl (C=O) groups excluding carboxylic acids is 1. The number of carbonyl (C=O) groups is 1. The van der Waals surface area contributed by atoms with Gasteiger partial charge in [0, 0.05) is 18.0 Å². The maximum absolute atomic E-state index is 11.9.